The summed E-state index contributed by atoms with van der Waals surface area (Å²) in [5.74, 6) is -0.188. The van der Waals surface area contributed by atoms with Crippen molar-refractivity contribution in [1.29, 1.82) is 0 Å². The smallest absolute Gasteiger partial charge is 0.283 e. The number of hydrogen-bond acceptors (Lipinski definition) is 11. The number of imidazole rings is 2. The molecule has 0 radical (unpaired) electrons. The summed E-state index contributed by atoms with van der Waals surface area (Å²) in [5.41, 5.74) is 15.1. The van der Waals surface area contributed by atoms with Gasteiger partial charge in [-0.15, -0.1) is 0 Å². The molecule has 366 valence electrons. The molecule has 0 saturated carbocycles. The van der Waals surface area contributed by atoms with Crippen LogP contribution in [0.25, 0.3) is 23.4 Å². The first-order chi connectivity index (χ1) is 33.6. The number of nitrogens with one attached hydrogen (secondary N) is 3. The Morgan fingerprint density at radius 1 is 0.797 bits per heavy atom. The van der Waals surface area contributed by atoms with Gasteiger partial charge in [0.25, 0.3) is 11.8 Å². The Hall–Kier alpha value is -7.17. The van der Waals surface area contributed by atoms with Crippen LogP contribution in [0.15, 0.2) is 103 Å². The highest BCUT2D eigenvalue weighted by atomic mass is 16.5. The first-order valence-electron chi connectivity index (χ1n) is 24.2. The third kappa shape index (κ3) is 14.9. The quantitative estimate of drug-likeness (QED) is 0.0107. The van der Waals surface area contributed by atoms with Gasteiger partial charge in [0.05, 0.1) is 18.0 Å². The van der Waals surface area contributed by atoms with E-state index in [1.165, 1.54) is 49.1 Å². The number of aromatic nitrogens is 4. The van der Waals surface area contributed by atoms with Crippen LogP contribution in [0.1, 0.15) is 99.7 Å². The summed E-state index contributed by atoms with van der Waals surface area (Å²) < 4.78 is 3.92. The molecule has 7 rings (SSSR count). The van der Waals surface area contributed by atoms with Crippen molar-refractivity contribution in [3.63, 3.8) is 0 Å². The SMILES string of the molecule is CCCCCCc1nc2cc(C=CC(=O)NO)ccn2c1NCCC(=O)N(CCC)CCO.NC(=O)C(O)=Cc1ccc2nc(CCc3ccccc3)c(Nc3ccc(N4CCCCC4)cc3)n2c1. The number of hydroxylamine groups is 1. The van der Waals surface area contributed by atoms with Crippen LogP contribution in [0.4, 0.5) is 23.0 Å². The number of amides is 3. The van der Waals surface area contributed by atoms with Crippen molar-refractivity contribution in [3.8, 4) is 0 Å². The molecule has 1 aliphatic heterocycles. The lowest BCUT2D eigenvalue weighted by molar-refractivity contribution is -0.131. The number of benzene rings is 2. The fraction of sp³-hybridized carbons (Fsp3) is 0.377. The van der Waals surface area contributed by atoms with Crippen LogP contribution in [-0.2, 0) is 33.6 Å². The second-order valence-corrected chi connectivity index (χ2v) is 17.2. The molecule has 16 nitrogen and oxygen atoms in total. The summed E-state index contributed by atoms with van der Waals surface area (Å²) in [6.45, 7) is 7.84. The molecular formula is C53H68N10O6. The molecule has 8 N–H and O–H groups in total. The van der Waals surface area contributed by atoms with Crippen molar-refractivity contribution in [1.82, 2.24) is 29.1 Å². The third-order valence-corrected chi connectivity index (χ3v) is 12.0. The minimum absolute atomic E-state index is 0.0197. The monoisotopic (exact) mass is 941 g/mol. The largest absolute Gasteiger partial charge is 0.503 e. The van der Waals surface area contributed by atoms with Crippen molar-refractivity contribution in [2.45, 2.75) is 90.9 Å². The zero-order valence-corrected chi connectivity index (χ0v) is 39.9. The van der Waals surface area contributed by atoms with Crippen LogP contribution < -0.4 is 26.7 Å². The molecule has 0 spiro atoms. The Labute approximate surface area is 404 Å². The Kier molecular flexibility index (Phi) is 19.6. The maximum atomic E-state index is 12.5. The molecule has 1 saturated heterocycles. The van der Waals surface area contributed by atoms with Gasteiger partial charge in [-0.3, -0.25) is 28.4 Å². The number of primary amides is 1. The van der Waals surface area contributed by atoms with Gasteiger partial charge in [0.2, 0.25) is 5.91 Å². The van der Waals surface area contributed by atoms with E-state index in [1.807, 2.05) is 64.5 Å². The summed E-state index contributed by atoms with van der Waals surface area (Å²) in [6, 6.07) is 26.3. The number of pyridine rings is 2. The summed E-state index contributed by atoms with van der Waals surface area (Å²) in [5, 5.41) is 34.7. The molecule has 16 heteroatoms. The average molecular weight is 941 g/mol. The van der Waals surface area contributed by atoms with Crippen LogP contribution in [0.5, 0.6) is 0 Å². The van der Waals surface area contributed by atoms with E-state index in [-0.39, 0.29) is 12.5 Å². The van der Waals surface area contributed by atoms with Gasteiger partial charge in [-0.05, 0) is 129 Å². The van der Waals surface area contributed by atoms with Gasteiger partial charge < -0.3 is 36.4 Å². The number of aliphatic hydroxyl groups excluding tert-OH is 2. The number of rotatable bonds is 23. The normalized spacial score (nSPS) is 12.8. The highest BCUT2D eigenvalue weighted by Crippen LogP contribution is 2.28. The second kappa shape index (κ2) is 26.4. The van der Waals surface area contributed by atoms with Crippen molar-refractivity contribution >= 4 is 64.2 Å². The maximum absolute atomic E-state index is 12.5. The number of fused-ring (bicyclic) bond motifs is 2. The lowest BCUT2D eigenvalue weighted by atomic mass is 10.1. The van der Waals surface area contributed by atoms with Crippen LogP contribution in [0.3, 0.4) is 0 Å². The Bertz CT molecular complexity index is 2650. The first-order valence-corrected chi connectivity index (χ1v) is 24.2. The topological polar surface area (TPSA) is 215 Å². The van der Waals surface area contributed by atoms with E-state index in [2.05, 4.69) is 58.9 Å². The van der Waals surface area contributed by atoms with Gasteiger partial charge in [-0.2, -0.15) is 0 Å². The molecule has 6 aromatic rings. The number of aliphatic hydroxyl groups is 2. The summed E-state index contributed by atoms with van der Waals surface area (Å²) in [4.78, 5) is 48.9. The fourth-order valence-corrected chi connectivity index (χ4v) is 8.38. The van der Waals surface area contributed by atoms with Crippen LogP contribution >= 0.6 is 0 Å². The van der Waals surface area contributed by atoms with Crippen LogP contribution in [-0.4, -0.2) is 96.1 Å². The number of nitrogens with two attached hydrogens (primary N) is 1. The van der Waals surface area contributed by atoms with Gasteiger partial charge in [0.1, 0.15) is 22.9 Å². The molecule has 4 aromatic heterocycles. The van der Waals surface area contributed by atoms with Crippen molar-refractivity contribution < 1.29 is 29.8 Å². The zero-order valence-electron chi connectivity index (χ0n) is 39.9. The number of unbranched alkanes of at least 4 members (excludes halogenated alkanes) is 3. The van der Waals surface area contributed by atoms with Gasteiger partial charge >= 0.3 is 0 Å². The summed E-state index contributed by atoms with van der Waals surface area (Å²) in [7, 11) is 0. The number of hydrogen-bond donors (Lipinski definition) is 7. The maximum Gasteiger partial charge on any atom is 0.283 e. The van der Waals surface area contributed by atoms with E-state index in [0.29, 0.717) is 31.6 Å². The van der Waals surface area contributed by atoms with Gasteiger partial charge in [-0.25, -0.2) is 15.4 Å². The van der Waals surface area contributed by atoms with E-state index in [4.69, 9.17) is 20.9 Å². The number of carbonyl (C=O) groups is 3. The van der Waals surface area contributed by atoms with Crippen LogP contribution in [0, 0.1) is 0 Å². The molecule has 0 atom stereocenters. The number of aryl methyl sites for hydroxylation is 3. The number of nitrogens with zero attached hydrogens (tertiary/aromatic N) is 6. The molecular weight excluding hydrogens is 873 g/mol. The van der Waals surface area contributed by atoms with Gasteiger partial charge in [0, 0.05) is 69.0 Å². The second-order valence-electron chi connectivity index (χ2n) is 17.2. The lowest BCUT2D eigenvalue weighted by Crippen LogP contribution is -2.35. The Morgan fingerprint density at radius 3 is 2.26 bits per heavy atom. The van der Waals surface area contributed by atoms with E-state index in [0.717, 1.165) is 104 Å². The van der Waals surface area contributed by atoms with Crippen LogP contribution in [0.2, 0.25) is 0 Å². The molecule has 2 aromatic carbocycles. The average Bonchev–Trinajstić information content (AvgIpc) is 3.90. The molecule has 1 fully saturated rings. The molecule has 69 heavy (non-hydrogen) atoms. The molecule has 3 amide bonds. The van der Waals surface area contributed by atoms with E-state index < -0.39 is 17.6 Å². The van der Waals surface area contributed by atoms with Gasteiger partial charge in [-0.1, -0.05) is 63.4 Å². The summed E-state index contributed by atoms with van der Waals surface area (Å²) >= 11 is 0. The molecule has 5 heterocycles. The predicted molar refractivity (Wildman–Crippen MR) is 274 cm³/mol. The minimum atomic E-state index is -0.864. The minimum Gasteiger partial charge on any atom is -0.503 e. The molecule has 0 unspecified atom stereocenters. The predicted octanol–water partition coefficient (Wildman–Crippen LogP) is 8.25. The number of carbonyl (C=O) groups excluding carboxylic acids is 3. The van der Waals surface area contributed by atoms with Crippen molar-refractivity contribution in [3.05, 3.63) is 131 Å². The first kappa shape index (κ1) is 51.2. The standard InChI is InChI=1S/C29H31N5O2.C24H37N5O4/c30-28(36)26(35)19-22-10-16-27-32-25(15-9-21-7-3-1-4-8-21)29(34(27)20-22)31-23-11-13-24(14-12-23)33-17-5-2-6-18-33;1-3-5-6-7-8-20-24(25-13-11-23(32)28(14-4-2)16-17-30)29-15-12-19(18-21(29)26-20)9-10-22(31)27-33/h1,3-4,7-8,10-14,16,19-20,31,35H,2,5-6,9,15,17-18H2,(H2,30,36);9-10,12,15,18,25,30,33H,3-8,11,13-14,16-17H2,1-2H3,(H,27,31). The van der Waals surface area contributed by atoms with E-state index in [1.54, 1.807) is 22.5 Å². The highest BCUT2D eigenvalue weighted by Gasteiger charge is 2.17. The summed E-state index contributed by atoms with van der Waals surface area (Å²) in [6.07, 6.45) is 19.9. The number of anilines is 4. The van der Waals surface area contributed by atoms with Crippen molar-refractivity contribution in [2.24, 2.45) is 5.73 Å². The van der Waals surface area contributed by atoms with E-state index >= 15 is 0 Å². The molecule has 0 aliphatic carbocycles. The molecule has 0 bridgehead atoms. The zero-order chi connectivity index (χ0) is 49.0. The Morgan fingerprint density at radius 2 is 1.55 bits per heavy atom. The van der Waals surface area contributed by atoms with Gasteiger partial charge in [0.15, 0.2) is 5.76 Å². The molecule has 1 aliphatic rings. The Balaban J connectivity index is 0.000000228. The lowest BCUT2D eigenvalue weighted by Gasteiger charge is -2.28. The fourth-order valence-electron chi connectivity index (χ4n) is 8.38. The highest BCUT2D eigenvalue weighted by molar-refractivity contribution is 5.94. The number of piperidine rings is 1. The third-order valence-electron chi connectivity index (χ3n) is 12.0. The van der Waals surface area contributed by atoms with E-state index in [9.17, 15) is 24.6 Å². The van der Waals surface area contributed by atoms with Crippen molar-refractivity contribution in [2.75, 3.05) is 54.9 Å².